The molecule has 0 spiro atoms. The van der Waals surface area contributed by atoms with Crippen LogP contribution in [0.3, 0.4) is 0 Å². The summed E-state index contributed by atoms with van der Waals surface area (Å²) in [5, 5.41) is 14.0. The van der Waals surface area contributed by atoms with Gasteiger partial charge in [0.2, 0.25) is 0 Å². The van der Waals surface area contributed by atoms with Crippen LogP contribution in [0.1, 0.15) is 22.7 Å². The summed E-state index contributed by atoms with van der Waals surface area (Å²) in [6.07, 6.45) is 0. The summed E-state index contributed by atoms with van der Waals surface area (Å²) in [4.78, 5) is 12.7. The number of rotatable bonds is 4. The van der Waals surface area contributed by atoms with E-state index < -0.39 is 4.92 Å². The van der Waals surface area contributed by atoms with E-state index in [9.17, 15) is 10.1 Å². The monoisotopic (exact) mass is 277 g/mol. The second-order valence-electron chi connectivity index (χ2n) is 4.35. The zero-order valence-corrected chi connectivity index (χ0v) is 11.5. The maximum absolute atomic E-state index is 10.7. The van der Waals surface area contributed by atoms with E-state index in [1.807, 2.05) is 6.92 Å². The van der Waals surface area contributed by atoms with E-state index in [0.717, 1.165) is 5.69 Å². The van der Waals surface area contributed by atoms with E-state index in [-0.39, 0.29) is 17.4 Å². The van der Waals surface area contributed by atoms with E-state index in [2.05, 4.69) is 24.4 Å². The Kier molecular flexibility index (Phi) is 3.71. The highest BCUT2D eigenvalue weighted by molar-refractivity contribution is 7.12. The number of nitrogen functional groups attached to an aromatic ring is 1. The lowest BCUT2D eigenvalue weighted by atomic mass is 10.2. The first-order valence-electron chi connectivity index (χ1n) is 5.84. The van der Waals surface area contributed by atoms with Gasteiger partial charge in [0.1, 0.15) is 5.69 Å². The van der Waals surface area contributed by atoms with Gasteiger partial charge in [-0.1, -0.05) is 0 Å². The second-order valence-corrected chi connectivity index (χ2v) is 5.66. The fraction of sp³-hybridized carbons (Fsp3) is 0.231. The summed E-state index contributed by atoms with van der Waals surface area (Å²) in [5.74, 6) is 0. The molecule has 2 aromatic rings. The maximum Gasteiger partial charge on any atom is 0.292 e. The van der Waals surface area contributed by atoms with Crippen molar-refractivity contribution < 1.29 is 4.92 Å². The first kappa shape index (κ1) is 13.4. The summed E-state index contributed by atoms with van der Waals surface area (Å²) in [6.45, 7) is 4.10. The largest absolute Gasteiger partial charge is 0.393 e. The number of nitrogens with one attached hydrogen (secondary N) is 1. The van der Waals surface area contributed by atoms with Crippen LogP contribution in [0.5, 0.6) is 0 Å². The third-order valence-corrected chi connectivity index (χ3v) is 3.98. The van der Waals surface area contributed by atoms with Crippen molar-refractivity contribution in [2.24, 2.45) is 0 Å². The average molecular weight is 277 g/mol. The highest BCUT2D eigenvalue weighted by Crippen LogP contribution is 2.29. The lowest BCUT2D eigenvalue weighted by Gasteiger charge is -2.14. The fourth-order valence-electron chi connectivity index (χ4n) is 1.82. The molecule has 1 aromatic heterocycles. The third kappa shape index (κ3) is 3.03. The highest BCUT2D eigenvalue weighted by Gasteiger charge is 2.13. The van der Waals surface area contributed by atoms with Crippen molar-refractivity contribution in [2.75, 3.05) is 11.1 Å². The number of hydrogen-bond donors (Lipinski definition) is 2. The number of hydrogen-bond acceptors (Lipinski definition) is 5. The van der Waals surface area contributed by atoms with Crippen LogP contribution in [-0.2, 0) is 0 Å². The molecular formula is C13H15N3O2S. The van der Waals surface area contributed by atoms with E-state index in [0.29, 0.717) is 0 Å². The molecule has 3 N–H and O–H groups in total. The molecule has 1 unspecified atom stereocenters. The minimum Gasteiger partial charge on any atom is -0.393 e. The Morgan fingerprint density at radius 2 is 2.11 bits per heavy atom. The Hall–Kier alpha value is -2.08. The van der Waals surface area contributed by atoms with Crippen LogP contribution in [0.2, 0.25) is 0 Å². The average Bonchev–Trinajstić information content (AvgIpc) is 2.75. The van der Waals surface area contributed by atoms with Crippen LogP contribution in [-0.4, -0.2) is 4.92 Å². The van der Waals surface area contributed by atoms with Crippen molar-refractivity contribution in [3.8, 4) is 0 Å². The van der Waals surface area contributed by atoms with Crippen LogP contribution >= 0.6 is 11.3 Å². The van der Waals surface area contributed by atoms with Gasteiger partial charge in [-0.05, 0) is 38.1 Å². The lowest BCUT2D eigenvalue weighted by Crippen LogP contribution is -2.05. The van der Waals surface area contributed by atoms with Crippen LogP contribution in [0.4, 0.5) is 17.1 Å². The summed E-state index contributed by atoms with van der Waals surface area (Å²) in [6, 6.07) is 8.97. The minimum absolute atomic E-state index is 0.0647. The van der Waals surface area contributed by atoms with Gasteiger partial charge < -0.3 is 11.1 Å². The molecule has 0 fully saturated rings. The number of nitrogens with zero attached hydrogens (tertiary/aromatic N) is 1. The Balaban J connectivity index is 2.15. The molecule has 0 aliphatic heterocycles. The molecule has 1 heterocycles. The number of aryl methyl sites for hydroxylation is 1. The number of thiophene rings is 1. The van der Waals surface area contributed by atoms with E-state index in [4.69, 9.17) is 5.73 Å². The van der Waals surface area contributed by atoms with Gasteiger partial charge in [-0.3, -0.25) is 10.1 Å². The third-order valence-electron chi connectivity index (χ3n) is 2.80. The molecule has 0 amide bonds. The highest BCUT2D eigenvalue weighted by atomic mass is 32.1. The topological polar surface area (TPSA) is 81.2 Å². The molecule has 5 nitrogen and oxygen atoms in total. The Morgan fingerprint density at radius 1 is 1.37 bits per heavy atom. The van der Waals surface area contributed by atoms with E-state index >= 15 is 0 Å². The maximum atomic E-state index is 10.7. The molecule has 0 aliphatic rings. The predicted molar refractivity (Wildman–Crippen MR) is 78.6 cm³/mol. The predicted octanol–water partition coefficient (Wildman–Crippen LogP) is 3.72. The molecule has 1 aromatic carbocycles. The number of nitro groups is 1. The first-order chi connectivity index (χ1) is 8.97. The second kappa shape index (κ2) is 5.27. The Bertz CT molecular complexity index is 610. The smallest absolute Gasteiger partial charge is 0.292 e. The molecular weight excluding hydrogens is 262 g/mol. The van der Waals surface area contributed by atoms with Crippen LogP contribution < -0.4 is 11.1 Å². The molecule has 6 heteroatoms. The van der Waals surface area contributed by atoms with Crippen LogP contribution in [0, 0.1) is 17.0 Å². The van der Waals surface area contributed by atoms with Gasteiger partial charge in [0.05, 0.1) is 11.0 Å². The number of anilines is 2. The van der Waals surface area contributed by atoms with Crippen molar-refractivity contribution in [1.82, 2.24) is 0 Å². The first-order valence-corrected chi connectivity index (χ1v) is 6.66. The van der Waals surface area contributed by atoms with Crippen LogP contribution in [0.15, 0.2) is 30.3 Å². The van der Waals surface area contributed by atoms with Gasteiger partial charge in [-0.2, -0.15) is 0 Å². The number of nitrogens with two attached hydrogens (primary N) is 1. The molecule has 1 atom stereocenters. The van der Waals surface area contributed by atoms with Crippen LogP contribution in [0.25, 0.3) is 0 Å². The van der Waals surface area contributed by atoms with Gasteiger partial charge >= 0.3 is 0 Å². The van der Waals surface area contributed by atoms with Crippen molar-refractivity contribution in [2.45, 2.75) is 19.9 Å². The number of benzene rings is 1. The molecule has 0 bridgehead atoms. The SMILES string of the molecule is Cc1ccc(C(C)Nc2ccc([N+](=O)[O-])c(N)c2)s1. The van der Waals surface area contributed by atoms with Crippen molar-refractivity contribution in [1.29, 1.82) is 0 Å². The molecule has 100 valence electrons. The van der Waals surface area contributed by atoms with Crippen molar-refractivity contribution in [3.63, 3.8) is 0 Å². The van der Waals surface area contributed by atoms with Gasteiger partial charge in [-0.15, -0.1) is 11.3 Å². The summed E-state index contributed by atoms with van der Waals surface area (Å²) >= 11 is 1.73. The van der Waals surface area contributed by atoms with Crippen molar-refractivity contribution >= 4 is 28.4 Å². The number of nitro benzene ring substituents is 1. The molecule has 0 saturated heterocycles. The van der Waals surface area contributed by atoms with E-state index in [1.165, 1.54) is 15.8 Å². The quantitative estimate of drug-likeness (QED) is 0.507. The summed E-state index contributed by atoms with van der Waals surface area (Å²) in [7, 11) is 0. The van der Waals surface area contributed by atoms with Gasteiger partial charge in [0, 0.05) is 21.5 Å². The fourth-order valence-corrected chi connectivity index (χ4v) is 2.70. The van der Waals surface area contributed by atoms with Crippen molar-refractivity contribution in [3.05, 3.63) is 50.2 Å². The Morgan fingerprint density at radius 3 is 2.63 bits per heavy atom. The van der Waals surface area contributed by atoms with E-state index in [1.54, 1.807) is 23.5 Å². The molecule has 2 rings (SSSR count). The standard InChI is InChI=1S/C13H15N3O2S/c1-8-3-6-13(19-8)9(2)15-10-4-5-12(16(17)18)11(14)7-10/h3-7,9,15H,14H2,1-2H3. The Labute approximate surface area is 115 Å². The minimum atomic E-state index is -0.481. The lowest BCUT2D eigenvalue weighted by molar-refractivity contribution is -0.383. The van der Waals surface area contributed by atoms with Gasteiger partial charge in [-0.25, -0.2) is 0 Å². The summed E-state index contributed by atoms with van der Waals surface area (Å²) in [5.41, 5.74) is 6.55. The van der Waals surface area contributed by atoms with Gasteiger partial charge in [0.15, 0.2) is 0 Å². The molecule has 0 radical (unpaired) electrons. The zero-order valence-electron chi connectivity index (χ0n) is 10.7. The molecule has 0 aliphatic carbocycles. The normalized spacial score (nSPS) is 12.1. The zero-order chi connectivity index (χ0) is 14.0. The summed E-state index contributed by atoms with van der Waals surface area (Å²) < 4.78 is 0. The van der Waals surface area contributed by atoms with Gasteiger partial charge in [0.25, 0.3) is 5.69 Å². The molecule has 0 saturated carbocycles. The molecule has 19 heavy (non-hydrogen) atoms.